The van der Waals surface area contributed by atoms with Gasteiger partial charge in [-0.1, -0.05) is 54.6 Å². The van der Waals surface area contributed by atoms with Gasteiger partial charge in [0, 0.05) is 12.2 Å². The Bertz CT molecular complexity index is 1180. The number of hydrogen-bond donors (Lipinski definition) is 1. The van der Waals surface area contributed by atoms with Crippen LogP contribution in [0.2, 0.25) is 0 Å². The zero-order valence-corrected chi connectivity index (χ0v) is 19.4. The molecule has 0 spiro atoms. The number of nitrogens with one attached hydrogen (secondary N) is 1. The number of rotatable bonds is 8. The minimum Gasteiger partial charge on any atom is -0.490 e. The molecule has 0 saturated carbocycles. The van der Waals surface area contributed by atoms with E-state index in [4.69, 9.17) is 9.47 Å². The number of aryl methyl sites for hydroxylation is 1. The van der Waals surface area contributed by atoms with Gasteiger partial charge in [0.25, 0.3) is 0 Å². The average Bonchev–Trinajstić information content (AvgIpc) is 2.77. The average molecular weight is 476 g/mol. The van der Waals surface area contributed by atoms with Crippen LogP contribution in [0, 0.1) is 6.92 Å². The highest BCUT2D eigenvalue weighted by molar-refractivity contribution is 9.10. The normalized spacial score (nSPS) is 10.8. The second-order valence-electron chi connectivity index (χ2n) is 7.49. The standard InChI is InChI=1S/C27H26BrNO2/c1-3-30-26-16-20(17-29-23-12-6-8-19(2)14-23)15-25(28)27(26)31-18-22-11-7-10-21-9-4-5-13-24(21)22/h4-16,29H,3,17-18H2,1-2H3. The third kappa shape index (κ3) is 5.20. The quantitative estimate of drug-likeness (QED) is 0.286. The fraction of sp³-hybridized carbons (Fsp3) is 0.185. The van der Waals surface area contributed by atoms with Crippen molar-refractivity contribution >= 4 is 32.4 Å². The first-order valence-electron chi connectivity index (χ1n) is 10.5. The lowest BCUT2D eigenvalue weighted by Crippen LogP contribution is -2.04. The summed E-state index contributed by atoms with van der Waals surface area (Å²) >= 11 is 3.70. The topological polar surface area (TPSA) is 30.5 Å². The molecule has 4 aromatic rings. The first kappa shape index (κ1) is 21.3. The molecule has 4 aromatic carbocycles. The molecule has 0 fully saturated rings. The predicted octanol–water partition coefficient (Wildman–Crippen LogP) is 7.50. The zero-order valence-electron chi connectivity index (χ0n) is 17.8. The number of halogens is 1. The van der Waals surface area contributed by atoms with E-state index in [2.05, 4.69) is 107 Å². The van der Waals surface area contributed by atoms with Crippen LogP contribution >= 0.6 is 15.9 Å². The fourth-order valence-corrected chi connectivity index (χ4v) is 4.26. The molecule has 0 radical (unpaired) electrons. The molecule has 0 bridgehead atoms. The summed E-state index contributed by atoms with van der Waals surface area (Å²) in [7, 11) is 0. The lowest BCUT2D eigenvalue weighted by molar-refractivity contribution is 0.268. The Balaban J connectivity index is 1.54. The molecule has 0 aliphatic rings. The fourth-order valence-electron chi connectivity index (χ4n) is 3.65. The molecule has 158 valence electrons. The van der Waals surface area contributed by atoms with Crippen LogP contribution in [0.15, 0.2) is 83.3 Å². The van der Waals surface area contributed by atoms with Crippen LogP contribution in [0.5, 0.6) is 11.5 Å². The Hall–Kier alpha value is -2.98. The first-order valence-corrected chi connectivity index (χ1v) is 11.3. The van der Waals surface area contributed by atoms with E-state index in [1.165, 1.54) is 16.3 Å². The van der Waals surface area contributed by atoms with Gasteiger partial charge in [-0.3, -0.25) is 0 Å². The summed E-state index contributed by atoms with van der Waals surface area (Å²) in [5.41, 5.74) is 4.61. The maximum Gasteiger partial charge on any atom is 0.175 e. The number of ether oxygens (including phenoxy) is 2. The molecule has 0 aromatic heterocycles. The molecule has 0 aliphatic carbocycles. The molecule has 0 amide bonds. The summed E-state index contributed by atoms with van der Waals surface area (Å²) < 4.78 is 13.1. The molecule has 0 unspecified atom stereocenters. The van der Waals surface area contributed by atoms with E-state index in [0.717, 1.165) is 32.8 Å². The van der Waals surface area contributed by atoms with Crippen LogP contribution in [-0.2, 0) is 13.2 Å². The molecule has 1 N–H and O–H groups in total. The van der Waals surface area contributed by atoms with E-state index in [1.54, 1.807) is 0 Å². The minimum atomic E-state index is 0.473. The van der Waals surface area contributed by atoms with Crippen molar-refractivity contribution < 1.29 is 9.47 Å². The van der Waals surface area contributed by atoms with E-state index in [0.29, 0.717) is 19.8 Å². The smallest absolute Gasteiger partial charge is 0.175 e. The van der Waals surface area contributed by atoms with Crippen LogP contribution < -0.4 is 14.8 Å². The Labute approximate surface area is 192 Å². The van der Waals surface area contributed by atoms with Gasteiger partial charge in [-0.2, -0.15) is 0 Å². The van der Waals surface area contributed by atoms with Crippen molar-refractivity contribution in [1.82, 2.24) is 0 Å². The van der Waals surface area contributed by atoms with Gasteiger partial charge >= 0.3 is 0 Å². The second kappa shape index (κ2) is 9.88. The number of anilines is 1. The van der Waals surface area contributed by atoms with E-state index < -0.39 is 0 Å². The number of benzene rings is 4. The summed E-state index contributed by atoms with van der Waals surface area (Å²) in [5, 5.41) is 5.90. The maximum absolute atomic E-state index is 6.26. The molecular formula is C27H26BrNO2. The van der Waals surface area contributed by atoms with Crippen LogP contribution in [0.25, 0.3) is 10.8 Å². The SMILES string of the molecule is CCOc1cc(CNc2cccc(C)c2)cc(Br)c1OCc1cccc2ccccc12. The summed E-state index contributed by atoms with van der Waals surface area (Å²) in [6, 6.07) is 27.2. The maximum atomic E-state index is 6.26. The van der Waals surface area contributed by atoms with E-state index >= 15 is 0 Å². The van der Waals surface area contributed by atoms with Crippen molar-refractivity contribution in [3.63, 3.8) is 0 Å². The first-order chi connectivity index (χ1) is 15.1. The Morgan fingerprint density at radius 3 is 2.52 bits per heavy atom. The largest absolute Gasteiger partial charge is 0.490 e. The molecule has 0 heterocycles. The molecule has 0 atom stereocenters. The molecule has 0 saturated heterocycles. The highest BCUT2D eigenvalue weighted by Crippen LogP contribution is 2.38. The zero-order chi connectivity index (χ0) is 21.6. The van der Waals surface area contributed by atoms with Gasteiger partial charge in [-0.15, -0.1) is 0 Å². The van der Waals surface area contributed by atoms with Gasteiger partial charge in [0.15, 0.2) is 11.5 Å². The van der Waals surface area contributed by atoms with Gasteiger partial charge in [0.2, 0.25) is 0 Å². The van der Waals surface area contributed by atoms with Crippen molar-refractivity contribution in [1.29, 1.82) is 0 Å². The van der Waals surface area contributed by atoms with Gasteiger partial charge < -0.3 is 14.8 Å². The Morgan fingerprint density at radius 2 is 1.68 bits per heavy atom. The van der Waals surface area contributed by atoms with Crippen molar-refractivity contribution in [3.8, 4) is 11.5 Å². The van der Waals surface area contributed by atoms with Crippen LogP contribution in [0.4, 0.5) is 5.69 Å². The van der Waals surface area contributed by atoms with Crippen LogP contribution in [0.1, 0.15) is 23.6 Å². The molecule has 4 rings (SSSR count). The van der Waals surface area contributed by atoms with Crippen LogP contribution in [0.3, 0.4) is 0 Å². The minimum absolute atomic E-state index is 0.473. The Morgan fingerprint density at radius 1 is 0.871 bits per heavy atom. The van der Waals surface area contributed by atoms with Crippen molar-refractivity contribution in [3.05, 3.63) is 100 Å². The van der Waals surface area contributed by atoms with Gasteiger partial charge in [0.05, 0.1) is 11.1 Å². The van der Waals surface area contributed by atoms with E-state index in [1.807, 2.05) is 6.92 Å². The van der Waals surface area contributed by atoms with E-state index in [-0.39, 0.29) is 0 Å². The van der Waals surface area contributed by atoms with Gasteiger partial charge in [-0.05, 0) is 81.5 Å². The molecular weight excluding hydrogens is 450 g/mol. The number of hydrogen-bond acceptors (Lipinski definition) is 3. The molecule has 3 nitrogen and oxygen atoms in total. The van der Waals surface area contributed by atoms with E-state index in [9.17, 15) is 0 Å². The monoisotopic (exact) mass is 475 g/mol. The summed E-state index contributed by atoms with van der Waals surface area (Å²) in [5.74, 6) is 1.48. The summed E-state index contributed by atoms with van der Waals surface area (Å²) in [4.78, 5) is 0. The third-order valence-electron chi connectivity index (χ3n) is 5.14. The molecule has 4 heteroatoms. The lowest BCUT2D eigenvalue weighted by atomic mass is 10.1. The Kier molecular flexibility index (Phi) is 6.78. The predicted molar refractivity (Wildman–Crippen MR) is 132 cm³/mol. The molecule has 0 aliphatic heterocycles. The number of fused-ring (bicyclic) bond motifs is 1. The lowest BCUT2D eigenvalue weighted by Gasteiger charge is -2.17. The van der Waals surface area contributed by atoms with Crippen molar-refractivity contribution in [2.45, 2.75) is 27.0 Å². The van der Waals surface area contributed by atoms with Gasteiger partial charge in [-0.25, -0.2) is 0 Å². The second-order valence-corrected chi connectivity index (χ2v) is 8.34. The highest BCUT2D eigenvalue weighted by atomic mass is 79.9. The van der Waals surface area contributed by atoms with Crippen LogP contribution in [-0.4, -0.2) is 6.61 Å². The van der Waals surface area contributed by atoms with Crippen molar-refractivity contribution in [2.75, 3.05) is 11.9 Å². The van der Waals surface area contributed by atoms with Crippen molar-refractivity contribution in [2.24, 2.45) is 0 Å². The summed E-state index contributed by atoms with van der Waals surface area (Å²) in [6.07, 6.45) is 0. The third-order valence-corrected chi connectivity index (χ3v) is 5.72. The summed E-state index contributed by atoms with van der Waals surface area (Å²) in [6.45, 7) is 5.83. The molecule has 31 heavy (non-hydrogen) atoms. The highest BCUT2D eigenvalue weighted by Gasteiger charge is 2.13. The van der Waals surface area contributed by atoms with Gasteiger partial charge in [0.1, 0.15) is 6.61 Å².